The average molecular weight is 367 g/mol. The maximum absolute atomic E-state index is 12.4. The van der Waals surface area contributed by atoms with Gasteiger partial charge in [0.2, 0.25) is 0 Å². The first-order valence-corrected chi connectivity index (χ1v) is 8.08. The van der Waals surface area contributed by atoms with E-state index in [0.29, 0.717) is 10.6 Å². The molecule has 1 aliphatic heterocycles. The fourth-order valence-electron chi connectivity index (χ4n) is 2.49. The fourth-order valence-corrected chi connectivity index (χ4v) is 2.62. The van der Waals surface area contributed by atoms with Gasteiger partial charge in [0.25, 0.3) is 5.79 Å². The van der Waals surface area contributed by atoms with Gasteiger partial charge in [0, 0.05) is 31.7 Å². The van der Waals surface area contributed by atoms with Gasteiger partial charge in [0.1, 0.15) is 6.61 Å². The number of allylic oxidation sites excluding steroid dienone is 1. The highest BCUT2D eigenvalue weighted by Gasteiger charge is 2.46. The summed E-state index contributed by atoms with van der Waals surface area (Å²) in [6, 6.07) is 6.74. The number of hydrogen-bond donors (Lipinski definition) is 0. The molecular weight excluding hydrogens is 348 g/mol. The Labute approximate surface area is 150 Å². The Morgan fingerprint density at radius 3 is 2.32 bits per heavy atom. The number of ether oxygens (including phenoxy) is 3. The Balaban J connectivity index is 2.30. The monoisotopic (exact) mass is 366 g/mol. The summed E-state index contributed by atoms with van der Waals surface area (Å²) in [7, 11) is 0. The number of carbonyl (C=O) groups excluding carboxylic acids is 3. The van der Waals surface area contributed by atoms with E-state index >= 15 is 0 Å². The number of cyclic esters (lactones) is 2. The van der Waals surface area contributed by atoms with Crippen molar-refractivity contribution in [2.45, 2.75) is 32.5 Å². The van der Waals surface area contributed by atoms with Crippen LogP contribution in [0.25, 0.3) is 0 Å². The van der Waals surface area contributed by atoms with Crippen molar-refractivity contribution in [1.29, 1.82) is 0 Å². The van der Waals surface area contributed by atoms with Crippen molar-refractivity contribution in [3.63, 3.8) is 0 Å². The van der Waals surface area contributed by atoms with E-state index in [9.17, 15) is 14.4 Å². The number of hydrogen-bond acceptors (Lipinski definition) is 6. The van der Waals surface area contributed by atoms with Crippen molar-refractivity contribution < 1.29 is 28.6 Å². The minimum absolute atomic E-state index is 0.0295. The summed E-state index contributed by atoms with van der Waals surface area (Å²) in [5.74, 6) is -4.84. The van der Waals surface area contributed by atoms with Gasteiger partial charge in [-0.1, -0.05) is 35.9 Å². The molecule has 1 unspecified atom stereocenters. The molecule has 1 aromatic carbocycles. The fraction of sp³-hybridized carbons (Fsp3) is 0.389. The van der Waals surface area contributed by atoms with Crippen LogP contribution in [0.5, 0.6) is 0 Å². The molecule has 0 aromatic heterocycles. The smallest absolute Gasteiger partial charge is 0.324 e. The summed E-state index contributed by atoms with van der Waals surface area (Å²) in [5, 5.41) is 0.529. The number of rotatable bonds is 5. The third-order valence-corrected chi connectivity index (χ3v) is 3.79. The topological polar surface area (TPSA) is 78.9 Å². The van der Waals surface area contributed by atoms with Crippen LogP contribution in [0, 0.1) is 5.92 Å². The lowest BCUT2D eigenvalue weighted by atomic mass is 9.85. The maximum Gasteiger partial charge on any atom is 0.324 e. The van der Waals surface area contributed by atoms with Crippen molar-refractivity contribution in [3.05, 3.63) is 47.0 Å². The van der Waals surface area contributed by atoms with E-state index in [1.165, 1.54) is 20.8 Å². The van der Waals surface area contributed by atoms with Gasteiger partial charge >= 0.3 is 17.9 Å². The second kappa shape index (κ2) is 7.70. The van der Waals surface area contributed by atoms with Crippen molar-refractivity contribution in [3.8, 4) is 0 Å². The minimum atomic E-state index is -1.29. The zero-order chi connectivity index (χ0) is 18.6. The van der Waals surface area contributed by atoms with Crippen LogP contribution in [0.4, 0.5) is 0 Å². The minimum Gasteiger partial charge on any atom is -0.462 e. The highest BCUT2D eigenvalue weighted by Crippen LogP contribution is 2.34. The Morgan fingerprint density at radius 1 is 1.24 bits per heavy atom. The molecule has 0 spiro atoms. The predicted octanol–water partition coefficient (Wildman–Crippen LogP) is 3.00. The Morgan fingerprint density at radius 2 is 1.80 bits per heavy atom. The van der Waals surface area contributed by atoms with Crippen LogP contribution < -0.4 is 0 Å². The molecule has 134 valence electrons. The zero-order valence-corrected chi connectivity index (χ0v) is 14.9. The summed E-state index contributed by atoms with van der Waals surface area (Å²) >= 11 is 5.90. The first-order chi connectivity index (χ1) is 11.7. The lowest BCUT2D eigenvalue weighted by molar-refractivity contribution is -0.240. The van der Waals surface area contributed by atoms with E-state index < -0.39 is 35.5 Å². The molecule has 0 aliphatic carbocycles. The van der Waals surface area contributed by atoms with E-state index in [0.717, 1.165) is 0 Å². The van der Waals surface area contributed by atoms with Crippen LogP contribution in [0.1, 0.15) is 32.3 Å². The van der Waals surface area contributed by atoms with Crippen LogP contribution in [-0.4, -0.2) is 30.3 Å². The predicted molar refractivity (Wildman–Crippen MR) is 89.7 cm³/mol. The van der Waals surface area contributed by atoms with Crippen molar-refractivity contribution in [1.82, 2.24) is 0 Å². The molecule has 0 bridgehead atoms. The van der Waals surface area contributed by atoms with Crippen LogP contribution >= 0.6 is 11.6 Å². The van der Waals surface area contributed by atoms with Gasteiger partial charge in [0.15, 0.2) is 5.92 Å². The van der Waals surface area contributed by atoms with E-state index in [4.69, 9.17) is 25.8 Å². The van der Waals surface area contributed by atoms with Gasteiger partial charge in [0.05, 0.1) is 0 Å². The largest absolute Gasteiger partial charge is 0.462 e. The Hall–Kier alpha value is -2.34. The molecule has 1 aromatic rings. The van der Waals surface area contributed by atoms with Gasteiger partial charge < -0.3 is 14.2 Å². The van der Waals surface area contributed by atoms with Crippen molar-refractivity contribution in [2.75, 3.05) is 6.61 Å². The molecule has 1 saturated heterocycles. The SMILES string of the molecule is CC(=O)OC/C=C/C(c1ccc(Cl)cc1)C1C(=O)OC(C)(C)OC1=O. The Kier molecular flexibility index (Phi) is 5.85. The molecule has 1 heterocycles. The summed E-state index contributed by atoms with van der Waals surface area (Å²) in [4.78, 5) is 35.6. The first-order valence-electron chi connectivity index (χ1n) is 7.71. The van der Waals surface area contributed by atoms with Gasteiger partial charge in [-0.25, -0.2) is 0 Å². The maximum atomic E-state index is 12.4. The number of halogens is 1. The number of carbonyl (C=O) groups is 3. The van der Waals surface area contributed by atoms with E-state index in [2.05, 4.69) is 0 Å². The first kappa shape index (κ1) is 19.0. The molecule has 7 heteroatoms. The molecule has 1 fully saturated rings. The summed E-state index contributed by atoms with van der Waals surface area (Å²) in [5.41, 5.74) is 0.682. The molecule has 6 nitrogen and oxygen atoms in total. The van der Waals surface area contributed by atoms with Gasteiger partial charge in [-0.15, -0.1) is 0 Å². The lowest BCUT2D eigenvalue weighted by Crippen LogP contribution is -2.48. The van der Waals surface area contributed by atoms with Gasteiger partial charge in [-0.05, 0) is 17.7 Å². The highest BCUT2D eigenvalue weighted by molar-refractivity contribution is 6.30. The van der Waals surface area contributed by atoms with Crippen LogP contribution in [0.15, 0.2) is 36.4 Å². The average Bonchev–Trinajstić information content (AvgIpc) is 2.48. The summed E-state index contributed by atoms with van der Waals surface area (Å²) in [6.45, 7) is 4.31. The highest BCUT2D eigenvalue weighted by atomic mass is 35.5. The van der Waals surface area contributed by atoms with Crippen LogP contribution in [-0.2, 0) is 28.6 Å². The van der Waals surface area contributed by atoms with Crippen molar-refractivity contribution in [2.24, 2.45) is 5.92 Å². The lowest BCUT2D eigenvalue weighted by Gasteiger charge is -2.35. The standard InChI is InChI=1S/C18H19ClO6/c1-11(20)23-10-4-5-14(12-6-8-13(19)9-7-12)15-16(21)24-18(2,3)25-17(15)22/h4-9,14-15H,10H2,1-3H3/b5-4+. The molecule has 1 aliphatic rings. The van der Waals surface area contributed by atoms with Crippen LogP contribution in [0.2, 0.25) is 5.02 Å². The molecule has 1 atom stereocenters. The summed E-state index contributed by atoms with van der Waals surface area (Å²) in [6.07, 6.45) is 3.19. The molecule has 0 N–H and O–H groups in total. The van der Waals surface area contributed by atoms with E-state index in [-0.39, 0.29) is 6.61 Å². The second-order valence-electron chi connectivity index (χ2n) is 6.03. The molecule has 25 heavy (non-hydrogen) atoms. The van der Waals surface area contributed by atoms with Crippen molar-refractivity contribution >= 4 is 29.5 Å². The number of benzene rings is 1. The van der Waals surface area contributed by atoms with Gasteiger partial charge in [-0.3, -0.25) is 14.4 Å². The third kappa shape index (κ3) is 5.06. The van der Waals surface area contributed by atoms with Gasteiger partial charge in [-0.2, -0.15) is 0 Å². The van der Waals surface area contributed by atoms with Crippen LogP contribution in [0.3, 0.4) is 0 Å². The van der Waals surface area contributed by atoms with E-state index in [1.807, 2.05) is 0 Å². The number of esters is 3. The molecule has 0 radical (unpaired) electrons. The van der Waals surface area contributed by atoms with E-state index in [1.54, 1.807) is 36.4 Å². The normalized spacial score (nSPS) is 18.6. The third-order valence-electron chi connectivity index (χ3n) is 3.54. The Bertz CT molecular complexity index is 672. The zero-order valence-electron chi connectivity index (χ0n) is 14.2. The molecular formula is C18H19ClO6. The second-order valence-corrected chi connectivity index (χ2v) is 6.46. The quantitative estimate of drug-likeness (QED) is 0.453. The molecule has 2 rings (SSSR count). The molecule has 0 amide bonds. The summed E-state index contributed by atoms with van der Waals surface area (Å²) < 4.78 is 15.2. The molecule has 0 saturated carbocycles.